The number of fused-ring (bicyclic) bond motifs is 1. The first kappa shape index (κ1) is 21.2. The number of amidine groups is 2. The Morgan fingerprint density at radius 2 is 1.94 bits per heavy atom. The molecule has 1 aromatic carbocycles. The number of para-hydroxylation sites is 1. The van der Waals surface area contributed by atoms with Crippen LogP contribution in [0.1, 0.15) is 49.1 Å². The Balaban J connectivity index is 1.49. The summed E-state index contributed by atoms with van der Waals surface area (Å²) in [5.41, 5.74) is 3.94. The molecule has 2 aliphatic heterocycles. The van der Waals surface area contributed by atoms with Gasteiger partial charge in [-0.25, -0.2) is 0 Å². The van der Waals surface area contributed by atoms with Crippen LogP contribution in [0.25, 0.3) is 11.8 Å². The highest BCUT2D eigenvalue weighted by Crippen LogP contribution is 2.36. The lowest BCUT2D eigenvalue weighted by molar-refractivity contribution is -0.114. The summed E-state index contributed by atoms with van der Waals surface area (Å²) >= 11 is 7.87. The summed E-state index contributed by atoms with van der Waals surface area (Å²) in [4.78, 5) is 17.1. The number of amides is 1. The number of rotatable bonds is 3. The maximum absolute atomic E-state index is 12.8. The fraction of sp³-hybridized carbons (Fsp3) is 0.333. The number of hydrogen-bond acceptors (Lipinski definition) is 4. The van der Waals surface area contributed by atoms with Gasteiger partial charge in [-0.05, 0) is 68.3 Å². The van der Waals surface area contributed by atoms with Gasteiger partial charge in [-0.1, -0.05) is 43.0 Å². The highest BCUT2D eigenvalue weighted by molar-refractivity contribution is 8.27. The highest BCUT2D eigenvalue weighted by Gasteiger charge is 2.38. The van der Waals surface area contributed by atoms with Crippen molar-refractivity contribution < 1.29 is 4.79 Å². The number of aliphatic imine (C=N–C) groups is 1. The number of benzene rings is 1. The van der Waals surface area contributed by atoms with E-state index in [0.29, 0.717) is 16.1 Å². The van der Waals surface area contributed by atoms with Crippen molar-refractivity contribution in [2.24, 2.45) is 16.0 Å². The van der Waals surface area contributed by atoms with Crippen LogP contribution in [0.15, 0.2) is 46.0 Å². The summed E-state index contributed by atoms with van der Waals surface area (Å²) in [6.07, 6.45) is 7.67. The van der Waals surface area contributed by atoms with E-state index in [-0.39, 0.29) is 11.4 Å². The molecule has 0 saturated heterocycles. The van der Waals surface area contributed by atoms with Crippen molar-refractivity contribution in [2.45, 2.75) is 46.0 Å². The first-order chi connectivity index (χ1) is 15.4. The third-order valence-corrected chi connectivity index (χ3v) is 7.68. The molecule has 1 N–H and O–H groups in total. The predicted molar refractivity (Wildman–Crippen MR) is 132 cm³/mol. The Morgan fingerprint density at radius 3 is 2.69 bits per heavy atom. The topological polar surface area (TPSA) is 73.8 Å². The number of hydrazone groups is 1. The second kappa shape index (κ2) is 8.37. The molecule has 1 fully saturated rings. The second-order valence-electron chi connectivity index (χ2n) is 8.41. The number of carbonyl (C=O) groups is 1. The van der Waals surface area contributed by atoms with Gasteiger partial charge in [0.2, 0.25) is 5.17 Å². The Morgan fingerprint density at radius 1 is 1.19 bits per heavy atom. The van der Waals surface area contributed by atoms with Crippen LogP contribution in [0.3, 0.4) is 0 Å². The van der Waals surface area contributed by atoms with Crippen molar-refractivity contribution in [1.82, 2.24) is 9.58 Å². The van der Waals surface area contributed by atoms with Gasteiger partial charge < -0.3 is 4.57 Å². The zero-order chi connectivity index (χ0) is 22.4. The van der Waals surface area contributed by atoms with Crippen molar-refractivity contribution in [2.75, 3.05) is 0 Å². The van der Waals surface area contributed by atoms with Crippen molar-refractivity contribution in [3.63, 3.8) is 0 Å². The van der Waals surface area contributed by atoms with Gasteiger partial charge in [0.15, 0.2) is 5.84 Å². The van der Waals surface area contributed by atoms with Crippen LogP contribution in [0, 0.1) is 25.2 Å². The zero-order valence-corrected chi connectivity index (χ0v) is 19.6. The Kier molecular flexibility index (Phi) is 5.55. The molecule has 3 aliphatic rings. The van der Waals surface area contributed by atoms with Gasteiger partial charge in [-0.15, -0.1) is 0 Å². The molecule has 32 heavy (non-hydrogen) atoms. The van der Waals surface area contributed by atoms with Gasteiger partial charge in [0.1, 0.15) is 5.04 Å². The number of hydrogen-bond donors (Lipinski definition) is 1. The molecule has 1 aliphatic carbocycles. The van der Waals surface area contributed by atoms with E-state index in [2.05, 4.69) is 14.7 Å². The molecule has 0 unspecified atom stereocenters. The number of halogens is 1. The largest absolute Gasteiger partial charge is 0.316 e. The van der Waals surface area contributed by atoms with Gasteiger partial charge in [0, 0.05) is 17.3 Å². The van der Waals surface area contributed by atoms with Crippen LogP contribution < -0.4 is 0 Å². The second-order valence-corrected chi connectivity index (χ2v) is 9.80. The summed E-state index contributed by atoms with van der Waals surface area (Å²) in [7, 11) is 0. The number of nitrogens with zero attached hydrogens (tertiary/aromatic N) is 4. The lowest BCUT2D eigenvalue weighted by atomic mass is 9.90. The summed E-state index contributed by atoms with van der Waals surface area (Å²) in [5.74, 6) is 0.101. The summed E-state index contributed by atoms with van der Waals surface area (Å²) in [6.45, 7) is 3.99. The minimum Gasteiger partial charge on any atom is -0.316 e. The van der Waals surface area contributed by atoms with Gasteiger partial charge in [0.25, 0.3) is 5.91 Å². The van der Waals surface area contributed by atoms with Gasteiger partial charge in [0.05, 0.1) is 16.3 Å². The molecule has 3 heterocycles. The highest BCUT2D eigenvalue weighted by atomic mass is 35.5. The van der Waals surface area contributed by atoms with Crippen LogP contribution >= 0.6 is 23.4 Å². The molecule has 2 aromatic rings. The minimum atomic E-state index is -0.392. The molecule has 1 saturated carbocycles. The van der Waals surface area contributed by atoms with Crippen LogP contribution in [0.4, 0.5) is 0 Å². The Hall–Kier alpha value is -2.64. The molecule has 1 aromatic heterocycles. The quantitative estimate of drug-likeness (QED) is 0.569. The maximum atomic E-state index is 12.8. The Bertz CT molecular complexity index is 1220. The van der Waals surface area contributed by atoms with E-state index >= 15 is 0 Å². The first-order valence-corrected chi connectivity index (χ1v) is 12.1. The van der Waals surface area contributed by atoms with Crippen LogP contribution in [0.2, 0.25) is 5.02 Å². The number of aromatic nitrogens is 1. The molecule has 164 valence electrons. The molecular weight excluding hydrogens is 442 g/mol. The van der Waals surface area contributed by atoms with Crippen molar-refractivity contribution >= 4 is 51.4 Å². The standard InChI is InChI=1S/C24H24ClN5OS/c1-14-12-17(15(2)29(14)20-11-7-6-10-19(20)25)13-18-21(26)30-24(27-22(18)31)32-23(28-30)16-8-4-3-5-9-16/h6-7,10-13,16,26H,3-5,8-9H2,1-2H3. The smallest absolute Gasteiger partial charge is 0.283 e. The molecule has 0 bridgehead atoms. The molecule has 0 radical (unpaired) electrons. The van der Waals surface area contributed by atoms with E-state index in [1.165, 1.54) is 36.0 Å². The van der Waals surface area contributed by atoms with E-state index in [1.54, 1.807) is 6.08 Å². The Labute approximate surface area is 196 Å². The molecule has 1 amide bonds. The van der Waals surface area contributed by atoms with Gasteiger partial charge in [-0.3, -0.25) is 10.2 Å². The van der Waals surface area contributed by atoms with E-state index < -0.39 is 5.91 Å². The van der Waals surface area contributed by atoms with E-state index in [1.807, 2.05) is 44.2 Å². The van der Waals surface area contributed by atoms with Gasteiger partial charge in [-0.2, -0.15) is 15.1 Å². The van der Waals surface area contributed by atoms with Gasteiger partial charge >= 0.3 is 0 Å². The molecule has 6 nitrogen and oxygen atoms in total. The molecule has 8 heteroatoms. The fourth-order valence-corrected chi connectivity index (χ4v) is 5.89. The molecule has 0 spiro atoms. The zero-order valence-electron chi connectivity index (χ0n) is 18.1. The van der Waals surface area contributed by atoms with Crippen LogP contribution in [-0.4, -0.2) is 31.5 Å². The van der Waals surface area contributed by atoms with E-state index in [4.69, 9.17) is 17.0 Å². The number of aryl methyl sites for hydroxylation is 1. The monoisotopic (exact) mass is 465 g/mol. The van der Waals surface area contributed by atoms with Crippen molar-refractivity contribution in [1.29, 1.82) is 5.41 Å². The lowest BCUT2D eigenvalue weighted by Crippen LogP contribution is -2.35. The number of carbonyl (C=O) groups excluding carboxylic acids is 1. The first-order valence-electron chi connectivity index (χ1n) is 10.9. The van der Waals surface area contributed by atoms with E-state index in [9.17, 15) is 4.79 Å². The summed E-state index contributed by atoms with van der Waals surface area (Å²) in [5, 5.41) is 17.0. The predicted octanol–water partition coefficient (Wildman–Crippen LogP) is 5.95. The number of nitrogens with one attached hydrogen (secondary N) is 1. The molecule has 0 atom stereocenters. The normalized spacial score (nSPS) is 20.6. The third-order valence-electron chi connectivity index (χ3n) is 6.29. The van der Waals surface area contributed by atoms with Crippen LogP contribution in [-0.2, 0) is 4.79 Å². The lowest BCUT2D eigenvalue weighted by Gasteiger charge is -2.20. The average Bonchev–Trinajstić information content (AvgIpc) is 3.33. The average molecular weight is 466 g/mol. The number of thioether (sulfide) groups is 1. The van der Waals surface area contributed by atoms with Crippen molar-refractivity contribution in [3.8, 4) is 5.69 Å². The summed E-state index contributed by atoms with van der Waals surface area (Å²) < 4.78 is 2.06. The summed E-state index contributed by atoms with van der Waals surface area (Å²) in [6, 6.07) is 9.67. The third kappa shape index (κ3) is 3.63. The SMILES string of the molecule is Cc1cc(C=C2C(=N)N3N=C(C4CCCCC4)SC3=NC2=O)c(C)n1-c1ccccc1Cl. The molecular formula is C24H24ClN5OS. The van der Waals surface area contributed by atoms with Crippen LogP contribution in [0.5, 0.6) is 0 Å². The van der Waals surface area contributed by atoms with E-state index in [0.717, 1.165) is 40.5 Å². The molecule has 5 rings (SSSR count). The maximum Gasteiger partial charge on any atom is 0.283 e. The fourth-order valence-electron chi connectivity index (χ4n) is 4.61. The minimum absolute atomic E-state index is 0.0841. The van der Waals surface area contributed by atoms with Crippen molar-refractivity contribution in [3.05, 3.63) is 57.9 Å².